The number of nitrogens with one attached hydrogen (secondary N) is 1. The van der Waals surface area contributed by atoms with Crippen LogP contribution < -0.4 is 5.32 Å². The summed E-state index contributed by atoms with van der Waals surface area (Å²) in [5.41, 5.74) is 1.73. The third kappa shape index (κ3) is 4.21. The molecular formula is C15H21NO4. The van der Waals surface area contributed by atoms with Gasteiger partial charge in [0.1, 0.15) is 6.26 Å². The summed E-state index contributed by atoms with van der Waals surface area (Å²) in [7, 11) is 0. The zero-order chi connectivity index (χ0) is 14.4. The number of furan rings is 1. The zero-order valence-electron chi connectivity index (χ0n) is 11.9. The molecule has 5 heteroatoms. The summed E-state index contributed by atoms with van der Waals surface area (Å²) in [6.07, 6.45) is 5.71. The lowest BCUT2D eigenvalue weighted by atomic mass is 10.1. The van der Waals surface area contributed by atoms with Gasteiger partial charge in [0.15, 0.2) is 0 Å². The highest BCUT2D eigenvalue weighted by molar-refractivity contribution is 5.94. The minimum atomic E-state index is -0.162. The second-order valence-electron chi connectivity index (χ2n) is 5.11. The van der Waals surface area contributed by atoms with E-state index < -0.39 is 0 Å². The van der Waals surface area contributed by atoms with E-state index in [-0.39, 0.29) is 18.1 Å². The van der Waals surface area contributed by atoms with Gasteiger partial charge in [-0.1, -0.05) is 11.6 Å². The molecule has 1 aliphatic rings. The fourth-order valence-corrected chi connectivity index (χ4v) is 2.04. The van der Waals surface area contributed by atoms with E-state index in [2.05, 4.69) is 5.32 Å². The molecule has 1 saturated heterocycles. The van der Waals surface area contributed by atoms with Gasteiger partial charge in [0.25, 0.3) is 5.91 Å². The molecule has 0 saturated carbocycles. The van der Waals surface area contributed by atoms with Crippen molar-refractivity contribution in [3.05, 3.63) is 35.8 Å². The second kappa shape index (κ2) is 7.26. The molecule has 110 valence electrons. The zero-order valence-corrected chi connectivity index (χ0v) is 11.9. The molecule has 0 unspecified atom stereocenters. The Morgan fingerprint density at radius 3 is 3.10 bits per heavy atom. The molecule has 1 aromatic heterocycles. The first-order valence-corrected chi connectivity index (χ1v) is 6.82. The predicted molar refractivity (Wildman–Crippen MR) is 74.6 cm³/mol. The monoisotopic (exact) mass is 279 g/mol. The van der Waals surface area contributed by atoms with Gasteiger partial charge in [-0.2, -0.15) is 0 Å². The van der Waals surface area contributed by atoms with E-state index in [1.54, 1.807) is 6.07 Å². The summed E-state index contributed by atoms with van der Waals surface area (Å²) in [4.78, 5) is 12.0. The molecule has 0 bridgehead atoms. The molecule has 0 aromatic carbocycles. The lowest BCUT2D eigenvalue weighted by Crippen LogP contribution is -2.50. The maximum Gasteiger partial charge on any atom is 0.254 e. The van der Waals surface area contributed by atoms with Crippen LogP contribution in [-0.4, -0.2) is 37.9 Å². The van der Waals surface area contributed by atoms with Crippen molar-refractivity contribution >= 4 is 5.91 Å². The molecule has 0 radical (unpaired) electrons. The molecule has 1 aliphatic heterocycles. The van der Waals surface area contributed by atoms with Crippen LogP contribution in [0.4, 0.5) is 0 Å². The van der Waals surface area contributed by atoms with Gasteiger partial charge in [-0.05, 0) is 26.3 Å². The summed E-state index contributed by atoms with van der Waals surface area (Å²) in [5, 5.41) is 2.94. The van der Waals surface area contributed by atoms with Crippen LogP contribution in [0.2, 0.25) is 0 Å². The van der Waals surface area contributed by atoms with Crippen molar-refractivity contribution in [2.45, 2.75) is 32.4 Å². The fraction of sp³-hybridized carbons (Fsp3) is 0.533. The van der Waals surface area contributed by atoms with Crippen LogP contribution in [0.3, 0.4) is 0 Å². The Labute approximate surface area is 118 Å². The standard InChI is InChI=1S/C15H21NO4/c1-11(2)3-8-20-14-5-7-19-10-13(14)16-15(17)12-4-6-18-9-12/h3-4,6,9,13-14H,5,7-8,10H2,1-2H3,(H,16,17)/t13-,14+/m0/s1. The Bertz CT molecular complexity index is 448. The van der Waals surface area contributed by atoms with E-state index >= 15 is 0 Å². The molecule has 2 atom stereocenters. The number of allylic oxidation sites excluding steroid dienone is 1. The molecule has 20 heavy (non-hydrogen) atoms. The van der Waals surface area contributed by atoms with Gasteiger partial charge >= 0.3 is 0 Å². The largest absolute Gasteiger partial charge is 0.472 e. The quantitative estimate of drug-likeness (QED) is 0.839. The third-order valence-electron chi connectivity index (χ3n) is 3.19. The number of hydrogen-bond donors (Lipinski definition) is 1. The van der Waals surface area contributed by atoms with E-state index in [0.29, 0.717) is 25.4 Å². The topological polar surface area (TPSA) is 60.7 Å². The molecule has 2 rings (SSSR count). The summed E-state index contributed by atoms with van der Waals surface area (Å²) in [5.74, 6) is -0.162. The molecule has 1 N–H and O–H groups in total. The van der Waals surface area contributed by atoms with Crippen molar-refractivity contribution in [2.75, 3.05) is 19.8 Å². The second-order valence-corrected chi connectivity index (χ2v) is 5.11. The summed E-state index contributed by atoms with van der Waals surface area (Å²) < 4.78 is 16.2. The van der Waals surface area contributed by atoms with Crippen LogP contribution in [-0.2, 0) is 9.47 Å². The van der Waals surface area contributed by atoms with Gasteiger partial charge in [0, 0.05) is 6.61 Å². The van der Waals surface area contributed by atoms with Crippen LogP contribution >= 0.6 is 0 Å². The summed E-state index contributed by atoms with van der Waals surface area (Å²) in [6.45, 7) is 5.77. The molecule has 1 aromatic rings. The molecule has 0 spiro atoms. The Hall–Kier alpha value is -1.59. The number of hydrogen-bond acceptors (Lipinski definition) is 4. The maximum atomic E-state index is 12.0. The van der Waals surface area contributed by atoms with Crippen molar-refractivity contribution in [3.8, 4) is 0 Å². The number of carbonyl (C=O) groups is 1. The van der Waals surface area contributed by atoms with E-state index in [4.69, 9.17) is 13.9 Å². The first kappa shape index (κ1) is 14.8. The third-order valence-corrected chi connectivity index (χ3v) is 3.19. The molecule has 1 amide bonds. The van der Waals surface area contributed by atoms with Crippen molar-refractivity contribution < 1.29 is 18.7 Å². The van der Waals surface area contributed by atoms with Crippen LogP contribution in [0.15, 0.2) is 34.7 Å². The van der Waals surface area contributed by atoms with Gasteiger partial charge in [0.05, 0.1) is 37.2 Å². The predicted octanol–water partition coefficient (Wildman–Crippen LogP) is 2.15. The SMILES string of the molecule is CC(C)=CCO[C@@H]1CCOC[C@@H]1NC(=O)c1ccoc1. The highest BCUT2D eigenvalue weighted by Crippen LogP contribution is 2.13. The van der Waals surface area contributed by atoms with Gasteiger partial charge in [-0.3, -0.25) is 4.79 Å². The van der Waals surface area contributed by atoms with Gasteiger partial charge in [-0.25, -0.2) is 0 Å². The van der Waals surface area contributed by atoms with E-state index in [1.807, 2.05) is 19.9 Å². The Balaban J connectivity index is 1.89. The van der Waals surface area contributed by atoms with Crippen LogP contribution in [0.5, 0.6) is 0 Å². The number of rotatable bonds is 5. The van der Waals surface area contributed by atoms with Crippen LogP contribution in [0.1, 0.15) is 30.6 Å². The van der Waals surface area contributed by atoms with Crippen molar-refractivity contribution in [1.82, 2.24) is 5.32 Å². The van der Waals surface area contributed by atoms with Crippen molar-refractivity contribution in [1.29, 1.82) is 0 Å². The first-order chi connectivity index (χ1) is 9.66. The fourth-order valence-electron chi connectivity index (χ4n) is 2.04. The molecule has 1 fully saturated rings. The molecule has 5 nitrogen and oxygen atoms in total. The highest BCUT2D eigenvalue weighted by atomic mass is 16.5. The summed E-state index contributed by atoms with van der Waals surface area (Å²) in [6, 6.07) is 1.51. The Kier molecular flexibility index (Phi) is 5.38. The van der Waals surface area contributed by atoms with Gasteiger partial charge < -0.3 is 19.2 Å². The summed E-state index contributed by atoms with van der Waals surface area (Å²) >= 11 is 0. The average Bonchev–Trinajstić information content (AvgIpc) is 2.94. The smallest absolute Gasteiger partial charge is 0.254 e. The highest BCUT2D eigenvalue weighted by Gasteiger charge is 2.28. The average molecular weight is 279 g/mol. The lowest BCUT2D eigenvalue weighted by Gasteiger charge is -2.31. The van der Waals surface area contributed by atoms with Crippen LogP contribution in [0, 0.1) is 0 Å². The maximum absolute atomic E-state index is 12.0. The van der Waals surface area contributed by atoms with Crippen molar-refractivity contribution in [2.24, 2.45) is 0 Å². The van der Waals surface area contributed by atoms with E-state index in [1.165, 1.54) is 18.1 Å². The molecule has 0 aliphatic carbocycles. The van der Waals surface area contributed by atoms with Crippen molar-refractivity contribution in [3.63, 3.8) is 0 Å². The number of ether oxygens (including phenoxy) is 2. The first-order valence-electron chi connectivity index (χ1n) is 6.82. The number of carbonyl (C=O) groups excluding carboxylic acids is 1. The molecule has 2 heterocycles. The van der Waals surface area contributed by atoms with Gasteiger partial charge in [-0.15, -0.1) is 0 Å². The Morgan fingerprint density at radius 2 is 2.40 bits per heavy atom. The van der Waals surface area contributed by atoms with E-state index in [9.17, 15) is 4.79 Å². The minimum absolute atomic E-state index is 0.0183. The van der Waals surface area contributed by atoms with E-state index in [0.717, 1.165) is 6.42 Å². The number of amides is 1. The lowest BCUT2D eigenvalue weighted by molar-refractivity contribution is -0.0457. The van der Waals surface area contributed by atoms with Gasteiger partial charge in [0.2, 0.25) is 0 Å². The molecular weight excluding hydrogens is 258 g/mol. The Morgan fingerprint density at radius 1 is 1.55 bits per heavy atom. The van der Waals surface area contributed by atoms with Crippen LogP contribution in [0.25, 0.3) is 0 Å². The minimum Gasteiger partial charge on any atom is -0.472 e. The normalized spacial score (nSPS) is 22.3.